The average Bonchev–Trinajstić information content (AvgIpc) is 3.42. The van der Waals surface area contributed by atoms with Crippen LogP contribution in [0.2, 0.25) is 10.0 Å². The number of esters is 1. The number of carbonyl (C=O) groups excluding carboxylic acids is 1. The number of thioether (sulfide) groups is 2. The Labute approximate surface area is 219 Å². The fourth-order valence-electron chi connectivity index (χ4n) is 3.06. The number of halogens is 2. The normalized spacial score (nSPS) is 11.1. The molecule has 2 aromatic carbocycles. The van der Waals surface area contributed by atoms with Crippen molar-refractivity contribution in [2.45, 2.75) is 10.3 Å². The van der Waals surface area contributed by atoms with Gasteiger partial charge in [-0.3, -0.25) is 0 Å². The lowest BCUT2D eigenvalue weighted by molar-refractivity contribution is 0.0483. The lowest BCUT2D eigenvalue weighted by Crippen LogP contribution is -2.20. The van der Waals surface area contributed by atoms with Crippen molar-refractivity contribution in [3.05, 3.63) is 45.4 Å². The van der Waals surface area contributed by atoms with Crippen LogP contribution in [0.5, 0.6) is 0 Å². The molecule has 0 aliphatic rings. The first-order valence-corrected chi connectivity index (χ1v) is 13.4. The molecule has 186 valence electrons. The molecule has 0 spiro atoms. The highest BCUT2D eigenvalue weighted by Gasteiger charge is 2.19. The summed E-state index contributed by atoms with van der Waals surface area (Å²) in [5, 5.41) is 11.0. The molecule has 0 fully saturated rings. The number of hydrogen-bond acceptors (Lipinski definition) is 8. The Morgan fingerprint density at radius 3 is 1.89 bits per heavy atom. The molecule has 35 heavy (non-hydrogen) atoms. The molecule has 13 heteroatoms. The number of hydrogen-bond donors (Lipinski definition) is 3. The van der Waals surface area contributed by atoms with Gasteiger partial charge in [0.2, 0.25) is 0 Å². The van der Waals surface area contributed by atoms with Crippen molar-refractivity contribution in [3.8, 4) is 0 Å². The van der Waals surface area contributed by atoms with Crippen molar-refractivity contribution in [3.63, 3.8) is 0 Å². The minimum Gasteiger partial charge on any atom is -0.478 e. The van der Waals surface area contributed by atoms with Crippen LogP contribution in [-0.2, 0) is 4.74 Å². The lowest BCUT2D eigenvalue weighted by Gasteiger charge is -2.10. The monoisotopic (exact) mass is 555 g/mol. The number of likely N-dealkylation sites (N-methyl/N-ethyl adjacent to an activating group) is 1. The van der Waals surface area contributed by atoms with Crippen LogP contribution < -0.4 is 0 Å². The van der Waals surface area contributed by atoms with Crippen molar-refractivity contribution < 1.29 is 19.4 Å². The average molecular weight is 556 g/mol. The summed E-state index contributed by atoms with van der Waals surface area (Å²) < 4.78 is 5.25. The third-order valence-electron chi connectivity index (χ3n) is 4.75. The van der Waals surface area contributed by atoms with Crippen LogP contribution in [-0.4, -0.2) is 81.6 Å². The first-order valence-electron chi connectivity index (χ1n) is 10.2. The molecule has 4 rings (SSSR count). The summed E-state index contributed by atoms with van der Waals surface area (Å²) in [6, 6.07) is 6.68. The molecule has 0 atom stereocenters. The molecule has 9 nitrogen and oxygen atoms in total. The standard InChI is InChI=1S/C13H16ClN3O2S.C9H7ClN2O2S/c1-17(2)6-7-19-12(18)10-8(14)4-5-9-11(10)16-13(15-9)20-3;1-15-9-11-5-3-2-4(10)6(8(13)14)7(5)12-9/h4-5H,6-7H2,1-3H3,(H,15,16);2-3H,1H3,(H,11,12)(H,13,14). The Kier molecular flexibility index (Phi) is 9.31. The summed E-state index contributed by atoms with van der Waals surface area (Å²) in [7, 11) is 3.84. The van der Waals surface area contributed by atoms with E-state index in [2.05, 4.69) is 19.9 Å². The molecule has 0 saturated carbocycles. The van der Waals surface area contributed by atoms with Crippen molar-refractivity contribution in [1.82, 2.24) is 24.8 Å². The third-order valence-corrected chi connectivity index (χ3v) is 6.54. The molecular formula is C22H23Cl2N5O4S2. The Hall–Kier alpha value is -2.44. The molecule has 0 aliphatic heterocycles. The van der Waals surface area contributed by atoms with Crippen LogP contribution in [0.25, 0.3) is 22.1 Å². The number of aromatic amines is 2. The second-order valence-corrected chi connectivity index (χ2v) is 9.77. The van der Waals surface area contributed by atoms with Crippen molar-refractivity contribution >= 4 is 80.7 Å². The number of H-pyrrole nitrogens is 2. The van der Waals surface area contributed by atoms with Gasteiger partial charge in [-0.1, -0.05) is 46.7 Å². The summed E-state index contributed by atoms with van der Waals surface area (Å²) in [5.41, 5.74) is 2.83. The van der Waals surface area contributed by atoms with Gasteiger partial charge in [-0.25, -0.2) is 19.6 Å². The van der Waals surface area contributed by atoms with Gasteiger partial charge in [-0.2, -0.15) is 0 Å². The number of aromatic nitrogens is 4. The maximum absolute atomic E-state index is 12.2. The molecule has 4 aromatic rings. The largest absolute Gasteiger partial charge is 0.478 e. The fraction of sp³-hybridized carbons (Fsp3) is 0.273. The van der Waals surface area contributed by atoms with Gasteiger partial charge in [0.25, 0.3) is 0 Å². The maximum Gasteiger partial charge on any atom is 0.341 e. The molecule has 0 amide bonds. The molecule has 3 N–H and O–H groups in total. The number of carboxylic acid groups (broad SMARTS) is 1. The number of fused-ring (bicyclic) bond motifs is 2. The Morgan fingerprint density at radius 2 is 1.43 bits per heavy atom. The summed E-state index contributed by atoms with van der Waals surface area (Å²) >= 11 is 14.8. The Bertz CT molecular complexity index is 1370. The van der Waals surface area contributed by atoms with E-state index in [-0.39, 0.29) is 10.6 Å². The second-order valence-electron chi connectivity index (χ2n) is 7.37. The molecule has 0 bridgehead atoms. The Balaban J connectivity index is 0.000000203. The molecule has 2 heterocycles. The number of ether oxygens (including phenoxy) is 1. The number of carbonyl (C=O) groups is 2. The predicted octanol–water partition coefficient (Wildman–Crippen LogP) is 5.29. The Morgan fingerprint density at radius 1 is 0.943 bits per heavy atom. The van der Waals surface area contributed by atoms with E-state index >= 15 is 0 Å². The van der Waals surface area contributed by atoms with Gasteiger partial charge in [0.1, 0.15) is 17.7 Å². The zero-order valence-corrected chi connectivity index (χ0v) is 22.5. The number of imidazole rings is 2. The highest BCUT2D eigenvalue weighted by molar-refractivity contribution is 7.98. The molecule has 2 aromatic heterocycles. The first-order chi connectivity index (χ1) is 16.7. The minimum absolute atomic E-state index is 0.0713. The van der Waals surface area contributed by atoms with Crippen molar-refractivity contribution in [2.75, 3.05) is 39.8 Å². The highest BCUT2D eigenvalue weighted by atomic mass is 35.5. The van der Waals surface area contributed by atoms with E-state index in [1.165, 1.54) is 29.6 Å². The lowest BCUT2D eigenvalue weighted by atomic mass is 10.2. The number of benzene rings is 2. The minimum atomic E-state index is -1.05. The van der Waals surface area contributed by atoms with E-state index in [9.17, 15) is 9.59 Å². The summed E-state index contributed by atoms with van der Waals surface area (Å²) in [6.07, 6.45) is 3.77. The van der Waals surface area contributed by atoms with Crippen LogP contribution in [0.1, 0.15) is 20.7 Å². The number of aromatic carboxylic acids is 1. The van der Waals surface area contributed by atoms with Gasteiger partial charge in [-0.05, 0) is 50.9 Å². The summed E-state index contributed by atoms with van der Waals surface area (Å²) in [4.78, 5) is 39.7. The van der Waals surface area contributed by atoms with Crippen molar-refractivity contribution in [2.24, 2.45) is 0 Å². The SMILES string of the molecule is CSc1nc2ccc(Cl)c(C(=O)O)c2[nH]1.CSc1nc2ccc(Cl)c(C(=O)OCCN(C)C)c2[nH]1. The molecular weight excluding hydrogens is 533 g/mol. The highest BCUT2D eigenvalue weighted by Crippen LogP contribution is 2.28. The summed E-state index contributed by atoms with van der Waals surface area (Å²) in [6.45, 7) is 0.987. The van der Waals surface area contributed by atoms with E-state index in [1.807, 2.05) is 31.5 Å². The van der Waals surface area contributed by atoms with Gasteiger partial charge in [0, 0.05) is 6.54 Å². The quantitative estimate of drug-likeness (QED) is 0.206. The topological polar surface area (TPSA) is 124 Å². The zero-order valence-electron chi connectivity index (χ0n) is 19.3. The van der Waals surface area contributed by atoms with E-state index in [1.54, 1.807) is 18.2 Å². The second kappa shape index (κ2) is 12.0. The molecule has 0 radical (unpaired) electrons. The van der Waals surface area contributed by atoms with E-state index in [0.29, 0.717) is 51.0 Å². The van der Waals surface area contributed by atoms with E-state index in [0.717, 1.165) is 5.16 Å². The van der Waals surface area contributed by atoms with Crippen LogP contribution in [0.4, 0.5) is 0 Å². The van der Waals surface area contributed by atoms with Crippen molar-refractivity contribution in [1.29, 1.82) is 0 Å². The number of rotatable bonds is 7. The fourth-order valence-corrected chi connectivity index (χ4v) is 4.32. The van der Waals surface area contributed by atoms with Crippen LogP contribution in [0.3, 0.4) is 0 Å². The van der Waals surface area contributed by atoms with Gasteiger partial charge < -0.3 is 24.7 Å². The molecule has 0 saturated heterocycles. The predicted molar refractivity (Wildman–Crippen MR) is 142 cm³/mol. The molecule has 0 aliphatic carbocycles. The van der Waals surface area contributed by atoms with Gasteiger partial charge >= 0.3 is 11.9 Å². The number of nitrogens with zero attached hydrogens (tertiary/aromatic N) is 3. The van der Waals surface area contributed by atoms with E-state index < -0.39 is 11.9 Å². The summed E-state index contributed by atoms with van der Waals surface area (Å²) in [5.74, 6) is -1.49. The van der Waals surface area contributed by atoms with Crippen LogP contribution >= 0.6 is 46.7 Å². The number of nitrogens with one attached hydrogen (secondary N) is 2. The van der Waals surface area contributed by atoms with Crippen LogP contribution in [0.15, 0.2) is 34.6 Å². The van der Waals surface area contributed by atoms with E-state index in [4.69, 9.17) is 33.0 Å². The van der Waals surface area contributed by atoms with Gasteiger partial charge in [0.05, 0.1) is 32.1 Å². The maximum atomic E-state index is 12.2. The third kappa shape index (κ3) is 6.42. The van der Waals surface area contributed by atoms with Crippen LogP contribution in [0, 0.1) is 0 Å². The van der Waals surface area contributed by atoms with Gasteiger partial charge in [0.15, 0.2) is 10.3 Å². The molecule has 0 unspecified atom stereocenters. The number of carboxylic acids is 1. The smallest absolute Gasteiger partial charge is 0.341 e. The first kappa shape index (κ1) is 27.2. The zero-order chi connectivity index (χ0) is 25.7. The van der Waals surface area contributed by atoms with Gasteiger partial charge in [-0.15, -0.1) is 0 Å².